The van der Waals surface area contributed by atoms with E-state index in [1.165, 1.54) is 44.9 Å². The van der Waals surface area contributed by atoms with Gasteiger partial charge in [0.15, 0.2) is 0 Å². The molecular weight excluding hydrogens is 368 g/mol. The molecule has 2 nitrogen and oxygen atoms in total. The van der Waals surface area contributed by atoms with Gasteiger partial charge >= 0.3 is 5.97 Å². The lowest BCUT2D eigenvalue weighted by Crippen LogP contribution is -2.08. The number of carbonyl (C=O) groups is 1. The first-order valence-electron chi connectivity index (χ1n) is 13.7. The van der Waals surface area contributed by atoms with Crippen LogP contribution in [-0.4, -0.2) is 12.6 Å². The SMILES string of the molecule is CC1CCCOC(=O)CCC2CC2CCC(C)CC2CC2CC2CC2CC2CC2C1. The third-order valence-corrected chi connectivity index (χ3v) is 9.75. The highest BCUT2D eigenvalue weighted by atomic mass is 16.5. The Bertz CT molecular complexity index is 599. The van der Waals surface area contributed by atoms with Gasteiger partial charge in [-0.15, -0.1) is 0 Å². The van der Waals surface area contributed by atoms with E-state index in [1.807, 2.05) is 0 Å². The average Bonchev–Trinajstić information content (AvgIpc) is 3.52. The lowest BCUT2D eigenvalue weighted by Gasteiger charge is -2.11. The van der Waals surface area contributed by atoms with E-state index in [1.54, 1.807) is 25.7 Å². The predicted octanol–water partition coefficient (Wildman–Crippen LogP) is 7.26. The first kappa shape index (κ1) is 21.3. The molecule has 0 N–H and O–H groups in total. The highest BCUT2D eigenvalue weighted by Gasteiger charge is 2.49. The van der Waals surface area contributed by atoms with Crippen LogP contribution in [0, 0.1) is 59.2 Å². The van der Waals surface area contributed by atoms with E-state index < -0.39 is 0 Å². The largest absolute Gasteiger partial charge is 0.466 e. The van der Waals surface area contributed by atoms with Gasteiger partial charge in [-0.2, -0.15) is 0 Å². The van der Waals surface area contributed by atoms with Crippen LogP contribution in [0.2, 0.25) is 0 Å². The first-order chi connectivity index (χ1) is 14.5. The third kappa shape index (κ3) is 6.04. The molecule has 5 rings (SSSR count). The Morgan fingerprint density at radius 1 is 0.567 bits per heavy atom. The Hall–Kier alpha value is -0.530. The van der Waals surface area contributed by atoms with Gasteiger partial charge in [-0.05, 0) is 136 Å². The molecule has 10 unspecified atom stereocenters. The van der Waals surface area contributed by atoms with E-state index in [2.05, 4.69) is 13.8 Å². The van der Waals surface area contributed by atoms with Crippen molar-refractivity contribution in [1.82, 2.24) is 0 Å². The molecule has 5 aliphatic rings. The summed E-state index contributed by atoms with van der Waals surface area (Å²) in [5, 5.41) is 0. The predicted molar refractivity (Wildman–Crippen MR) is 122 cm³/mol. The van der Waals surface area contributed by atoms with Crippen molar-refractivity contribution in [3.8, 4) is 0 Å². The fourth-order valence-corrected chi connectivity index (χ4v) is 7.22. The van der Waals surface area contributed by atoms with Crippen LogP contribution in [0.1, 0.15) is 104 Å². The molecule has 1 aliphatic heterocycles. The maximum absolute atomic E-state index is 12.1. The summed E-state index contributed by atoms with van der Waals surface area (Å²) in [5.74, 6) is 9.96. The normalized spacial score (nSPS) is 50.0. The number of hydrogen-bond acceptors (Lipinski definition) is 2. The summed E-state index contributed by atoms with van der Waals surface area (Å²) in [6, 6.07) is 0. The summed E-state index contributed by atoms with van der Waals surface area (Å²) in [7, 11) is 0. The molecule has 0 aromatic heterocycles. The topological polar surface area (TPSA) is 26.3 Å². The maximum Gasteiger partial charge on any atom is 0.305 e. The second-order valence-electron chi connectivity index (χ2n) is 12.7. The van der Waals surface area contributed by atoms with Gasteiger partial charge < -0.3 is 4.74 Å². The zero-order valence-electron chi connectivity index (χ0n) is 19.7. The summed E-state index contributed by atoms with van der Waals surface area (Å²) < 4.78 is 5.53. The van der Waals surface area contributed by atoms with Crippen molar-refractivity contribution in [1.29, 1.82) is 0 Å². The van der Waals surface area contributed by atoms with Gasteiger partial charge in [0, 0.05) is 6.42 Å². The molecule has 0 radical (unpaired) electrons. The van der Waals surface area contributed by atoms with Crippen molar-refractivity contribution < 1.29 is 9.53 Å². The van der Waals surface area contributed by atoms with Crippen LogP contribution in [0.15, 0.2) is 0 Å². The minimum Gasteiger partial charge on any atom is -0.466 e. The van der Waals surface area contributed by atoms with Gasteiger partial charge in [0.1, 0.15) is 0 Å². The number of esters is 1. The summed E-state index contributed by atoms with van der Waals surface area (Å²) in [4.78, 5) is 12.1. The number of fused-ring (bicyclic) bond motifs is 4. The van der Waals surface area contributed by atoms with Gasteiger partial charge in [0.25, 0.3) is 0 Å². The van der Waals surface area contributed by atoms with Crippen LogP contribution in [0.3, 0.4) is 0 Å². The molecule has 1 heterocycles. The minimum atomic E-state index is 0.0566. The quantitative estimate of drug-likeness (QED) is 0.390. The molecule has 4 saturated carbocycles. The lowest BCUT2D eigenvalue weighted by atomic mass is 9.95. The van der Waals surface area contributed by atoms with E-state index in [-0.39, 0.29) is 5.97 Å². The van der Waals surface area contributed by atoms with Crippen LogP contribution < -0.4 is 0 Å². The highest BCUT2D eigenvalue weighted by molar-refractivity contribution is 5.69. The highest BCUT2D eigenvalue weighted by Crippen LogP contribution is 2.59. The Labute approximate surface area is 185 Å². The van der Waals surface area contributed by atoms with Crippen molar-refractivity contribution >= 4 is 5.97 Å². The molecule has 1 saturated heterocycles. The van der Waals surface area contributed by atoms with Crippen LogP contribution in [0.5, 0.6) is 0 Å². The Morgan fingerprint density at radius 3 is 1.63 bits per heavy atom. The van der Waals surface area contributed by atoms with Gasteiger partial charge in [0.2, 0.25) is 0 Å². The van der Waals surface area contributed by atoms with E-state index in [0.717, 1.165) is 72.0 Å². The number of rotatable bonds is 0. The zero-order chi connectivity index (χ0) is 20.7. The van der Waals surface area contributed by atoms with E-state index in [9.17, 15) is 4.79 Å². The molecule has 10 atom stereocenters. The average molecular weight is 415 g/mol. The van der Waals surface area contributed by atoms with E-state index in [0.29, 0.717) is 13.0 Å². The lowest BCUT2D eigenvalue weighted by molar-refractivity contribution is -0.144. The van der Waals surface area contributed by atoms with Gasteiger partial charge in [-0.3, -0.25) is 4.79 Å². The Morgan fingerprint density at radius 2 is 1.03 bits per heavy atom. The second kappa shape index (κ2) is 9.14. The van der Waals surface area contributed by atoms with Crippen LogP contribution >= 0.6 is 0 Å². The first-order valence-corrected chi connectivity index (χ1v) is 13.7. The van der Waals surface area contributed by atoms with Crippen molar-refractivity contribution in [3.63, 3.8) is 0 Å². The molecule has 170 valence electrons. The van der Waals surface area contributed by atoms with Gasteiger partial charge in [-0.25, -0.2) is 0 Å². The molecule has 30 heavy (non-hydrogen) atoms. The Balaban J connectivity index is 1.08. The van der Waals surface area contributed by atoms with E-state index >= 15 is 0 Å². The number of ether oxygens (including phenoxy) is 1. The minimum absolute atomic E-state index is 0.0566. The molecule has 0 amide bonds. The van der Waals surface area contributed by atoms with Crippen molar-refractivity contribution in [2.45, 2.75) is 104 Å². The fraction of sp³-hybridized carbons (Fsp3) is 0.964. The number of carbonyl (C=O) groups excluding carboxylic acids is 1. The van der Waals surface area contributed by atoms with Gasteiger partial charge in [-0.1, -0.05) is 20.3 Å². The summed E-state index contributed by atoms with van der Waals surface area (Å²) >= 11 is 0. The monoisotopic (exact) mass is 414 g/mol. The molecule has 0 bridgehead atoms. The fourth-order valence-electron chi connectivity index (χ4n) is 7.22. The smallest absolute Gasteiger partial charge is 0.305 e. The molecule has 4 aliphatic carbocycles. The zero-order valence-corrected chi connectivity index (χ0v) is 19.7. The van der Waals surface area contributed by atoms with Crippen LogP contribution in [0.25, 0.3) is 0 Å². The molecule has 5 fully saturated rings. The van der Waals surface area contributed by atoms with Crippen LogP contribution in [0.4, 0.5) is 0 Å². The summed E-state index contributed by atoms with van der Waals surface area (Å²) in [6.07, 6.45) is 18.9. The number of cyclic esters (lactones) is 1. The second-order valence-corrected chi connectivity index (χ2v) is 12.7. The molecule has 2 heteroatoms. The van der Waals surface area contributed by atoms with E-state index in [4.69, 9.17) is 4.74 Å². The maximum atomic E-state index is 12.1. The molecule has 0 spiro atoms. The Kier molecular flexibility index (Phi) is 6.50. The number of hydrogen-bond donors (Lipinski definition) is 0. The standard InChI is InChI=1S/C28H46O2/c1-18-4-3-9-30-28(29)8-7-21-12-20(21)6-5-19(2)11-23-14-25(23)16-27-17-26(27)15-24-13-22(24)10-18/h18-27H,3-17H2,1-2H3. The molecular formula is C28H46O2. The van der Waals surface area contributed by atoms with Crippen LogP contribution in [-0.2, 0) is 9.53 Å². The third-order valence-electron chi connectivity index (χ3n) is 9.75. The summed E-state index contributed by atoms with van der Waals surface area (Å²) in [6.45, 7) is 5.56. The molecule has 0 aromatic rings. The van der Waals surface area contributed by atoms with Crippen molar-refractivity contribution in [2.24, 2.45) is 59.2 Å². The molecule has 0 aromatic carbocycles. The van der Waals surface area contributed by atoms with Gasteiger partial charge in [0.05, 0.1) is 6.61 Å². The summed E-state index contributed by atoms with van der Waals surface area (Å²) in [5.41, 5.74) is 0. The van der Waals surface area contributed by atoms with Crippen molar-refractivity contribution in [3.05, 3.63) is 0 Å². The van der Waals surface area contributed by atoms with Crippen molar-refractivity contribution in [2.75, 3.05) is 6.61 Å².